The maximum atomic E-state index is 13.2. The van der Waals surface area contributed by atoms with Crippen LogP contribution >= 0.6 is 0 Å². The number of unbranched alkanes of at least 4 members (excludes halogenated alkanes) is 7. The van der Waals surface area contributed by atoms with Crippen LogP contribution in [0.25, 0.3) is 10.9 Å². The van der Waals surface area contributed by atoms with E-state index in [0.29, 0.717) is 25.3 Å². The summed E-state index contributed by atoms with van der Waals surface area (Å²) < 4.78 is 52.6. The molecule has 32 heavy (non-hydrogen) atoms. The number of alkyl halides is 3. The lowest BCUT2D eigenvalue weighted by Gasteiger charge is -2.12. The van der Waals surface area contributed by atoms with Crippen LogP contribution < -0.4 is 4.74 Å². The van der Waals surface area contributed by atoms with Crippen molar-refractivity contribution in [1.82, 2.24) is 4.57 Å². The second-order valence-electron chi connectivity index (χ2n) is 8.47. The van der Waals surface area contributed by atoms with Crippen molar-refractivity contribution >= 4 is 16.7 Å². The van der Waals surface area contributed by atoms with Crippen LogP contribution in [0, 0.1) is 0 Å². The average molecular weight is 456 g/mol. The topological polar surface area (TPSA) is 40.5 Å². The zero-order valence-corrected chi connectivity index (χ0v) is 19.5. The number of fused-ring (bicyclic) bond motifs is 1. The first-order valence-electron chi connectivity index (χ1n) is 11.7. The van der Waals surface area contributed by atoms with Crippen LogP contribution in [0.3, 0.4) is 0 Å². The van der Waals surface area contributed by atoms with Gasteiger partial charge in [0.25, 0.3) is 5.78 Å². The van der Waals surface area contributed by atoms with Gasteiger partial charge in [-0.1, -0.05) is 57.9 Å². The highest BCUT2D eigenvalue weighted by molar-refractivity contribution is 6.12. The van der Waals surface area contributed by atoms with E-state index in [1.165, 1.54) is 44.7 Å². The fraction of sp³-hybridized carbons (Fsp3) is 0.640. The van der Waals surface area contributed by atoms with Gasteiger partial charge in [-0.15, -0.1) is 0 Å². The molecule has 0 bridgehead atoms. The molecule has 2 aromatic rings. The molecule has 0 aliphatic heterocycles. The van der Waals surface area contributed by atoms with Gasteiger partial charge in [-0.2, -0.15) is 13.2 Å². The molecule has 180 valence electrons. The molecule has 0 unspecified atom stereocenters. The molecule has 0 fully saturated rings. The van der Waals surface area contributed by atoms with Crippen LogP contribution in [0.2, 0.25) is 0 Å². The summed E-state index contributed by atoms with van der Waals surface area (Å²) in [6, 6.07) is 5.02. The number of hydrogen-bond donors (Lipinski definition) is 0. The van der Waals surface area contributed by atoms with Gasteiger partial charge in [0.05, 0.1) is 29.2 Å². The third-order valence-corrected chi connectivity index (χ3v) is 5.35. The molecule has 0 amide bonds. The molecule has 0 aliphatic carbocycles. The maximum Gasteiger partial charge on any atom is 0.454 e. The summed E-state index contributed by atoms with van der Waals surface area (Å²) in [4.78, 5) is 12.1. The summed E-state index contributed by atoms with van der Waals surface area (Å²) in [5, 5.41) is 0.201. The summed E-state index contributed by atoms with van der Waals surface area (Å²) in [5.74, 6) is -1.58. The van der Waals surface area contributed by atoms with Gasteiger partial charge in [-0.05, 0) is 32.4 Å². The minimum atomic E-state index is -4.95. The second-order valence-corrected chi connectivity index (χ2v) is 8.47. The van der Waals surface area contributed by atoms with Gasteiger partial charge < -0.3 is 14.0 Å². The molecule has 0 N–H and O–H groups in total. The maximum absolute atomic E-state index is 13.2. The zero-order valence-electron chi connectivity index (χ0n) is 19.5. The summed E-state index contributed by atoms with van der Waals surface area (Å²) in [6.07, 6.45) is 5.81. The molecule has 0 radical (unpaired) electrons. The monoisotopic (exact) mass is 455 g/mol. The standard InChI is InChI=1S/C25H36F3NO3/c1-4-5-6-7-8-9-10-11-16-31-17-15-29-18-20(24(30)25(26,27)28)23-21(29)13-12-14-22(23)32-19(2)3/h12-14,18-19H,4-11,15-17H2,1-3H3. The summed E-state index contributed by atoms with van der Waals surface area (Å²) >= 11 is 0. The predicted molar refractivity (Wildman–Crippen MR) is 122 cm³/mol. The van der Waals surface area contributed by atoms with Crippen molar-refractivity contribution in [2.24, 2.45) is 0 Å². The first-order valence-corrected chi connectivity index (χ1v) is 11.7. The number of ketones is 1. The first-order chi connectivity index (χ1) is 15.3. The lowest BCUT2D eigenvalue weighted by Crippen LogP contribution is -2.22. The Morgan fingerprint density at radius 1 is 1.00 bits per heavy atom. The Morgan fingerprint density at radius 3 is 2.28 bits per heavy atom. The van der Waals surface area contributed by atoms with Gasteiger partial charge in [-0.3, -0.25) is 4.79 Å². The van der Waals surface area contributed by atoms with E-state index < -0.39 is 12.0 Å². The Bertz CT molecular complexity index is 843. The van der Waals surface area contributed by atoms with E-state index in [1.54, 1.807) is 36.6 Å². The summed E-state index contributed by atoms with van der Waals surface area (Å²) in [6.45, 7) is 7.16. The quantitative estimate of drug-likeness (QED) is 0.208. The van der Waals surface area contributed by atoms with Crippen molar-refractivity contribution in [1.29, 1.82) is 0 Å². The van der Waals surface area contributed by atoms with Crippen LogP contribution in [0.4, 0.5) is 13.2 Å². The molecular formula is C25H36F3NO3. The molecule has 0 saturated carbocycles. The fourth-order valence-corrected chi connectivity index (χ4v) is 3.78. The second kappa shape index (κ2) is 12.9. The van der Waals surface area contributed by atoms with E-state index in [4.69, 9.17) is 9.47 Å². The number of Topliss-reactive ketones (excluding diaryl/α,β-unsaturated/α-hetero) is 1. The number of nitrogens with zero attached hydrogens (tertiary/aromatic N) is 1. The van der Waals surface area contributed by atoms with Crippen molar-refractivity contribution in [3.05, 3.63) is 30.0 Å². The molecule has 1 aromatic carbocycles. The van der Waals surface area contributed by atoms with Crippen LogP contribution in [-0.2, 0) is 11.3 Å². The lowest BCUT2D eigenvalue weighted by molar-refractivity contribution is -0.0884. The van der Waals surface area contributed by atoms with Gasteiger partial charge >= 0.3 is 6.18 Å². The van der Waals surface area contributed by atoms with E-state index in [2.05, 4.69) is 6.92 Å². The van der Waals surface area contributed by atoms with Gasteiger partial charge in [-0.25, -0.2) is 0 Å². The Morgan fingerprint density at radius 2 is 1.66 bits per heavy atom. The van der Waals surface area contributed by atoms with Crippen LogP contribution in [0.5, 0.6) is 5.75 Å². The number of carbonyl (C=O) groups excluding carboxylic acids is 1. The van der Waals surface area contributed by atoms with Crippen molar-refractivity contribution in [3.8, 4) is 5.75 Å². The van der Waals surface area contributed by atoms with Crippen molar-refractivity contribution in [2.45, 2.75) is 91.0 Å². The van der Waals surface area contributed by atoms with Gasteiger partial charge in [0, 0.05) is 19.3 Å². The SMILES string of the molecule is CCCCCCCCCCOCCn1cc(C(=O)C(F)(F)F)c2c(OC(C)C)cccc21. The average Bonchev–Trinajstić information content (AvgIpc) is 3.10. The molecule has 0 spiro atoms. The molecule has 2 rings (SSSR count). The Balaban J connectivity index is 1.96. The molecule has 7 heteroatoms. The lowest BCUT2D eigenvalue weighted by atomic mass is 10.1. The number of rotatable bonds is 15. The molecule has 1 heterocycles. The minimum Gasteiger partial charge on any atom is -0.490 e. The Hall–Kier alpha value is -2.02. The first kappa shape index (κ1) is 26.2. The highest BCUT2D eigenvalue weighted by Crippen LogP contribution is 2.35. The van der Waals surface area contributed by atoms with Gasteiger partial charge in [0.2, 0.25) is 0 Å². The number of aromatic nitrogens is 1. The molecule has 0 aliphatic rings. The Labute approximate surface area is 189 Å². The van der Waals surface area contributed by atoms with Crippen LogP contribution in [-0.4, -0.2) is 35.8 Å². The van der Waals surface area contributed by atoms with Gasteiger partial charge in [0.15, 0.2) is 0 Å². The molecule has 1 aromatic heterocycles. The van der Waals surface area contributed by atoms with Crippen LogP contribution in [0.1, 0.15) is 82.5 Å². The van der Waals surface area contributed by atoms with Crippen molar-refractivity contribution in [3.63, 3.8) is 0 Å². The summed E-state index contributed by atoms with van der Waals surface area (Å²) in [5.41, 5.74) is 0.151. The van der Waals surface area contributed by atoms with E-state index >= 15 is 0 Å². The predicted octanol–water partition coefficient (Wildman–Crippen LogP) is 7.33. The minimum absolute atomic E-state index is 0.201. The molecule has 4 nitrogen and oxygen atoms in total. The highest BCUT2D eigenvalue weighted by atomic mass is 19.4. The molecule has 0 saturated heterocycles. The van der Waals surface area contributed by atoms with E-state index in [-0.39, 0.29) is 22.8 Å². The van der Waals surface area contributed by atoms with Gasteiger partial charge in [0.1, 0.15) is 5.75 Å². The van der Waals surface area contributed by atoms with E-state index in [9.17, 15) is 18.0 Å². The number of ether oxygens (including phenoxy) is 2. The number of carbonyl (C=O) groups is 1. The smallest absolute Gasteiger partial charge is 0.454 e. The van der Waals surface area contributed by atoms with E-state index in [0.717, 1.165) is 12.8 Å². The van der Waals surface area contributed by atoms with Crippen molar-refractivity contribution in [2.75, 3.05) is 13.2 Å². The third kappa shape index (κ3) is 7.84. The summed E-state index contributed by atoms with van der Waals surface area (Å²) in [7, 11) is 0. The van der Waals surface area contributed by atoms with E-state index in [1.807, 2.05) is 0 Å². The van der Waals surface area contributed by atoms with Crippen LogP contribution in [0.15, 0.2) is 24.4 Å². The molecular weight excluding hydrogens is 419 g/mol. The highest BCUT2D eigenvalue weighted by Gasteiger charge is 2.41. The normalized spacial score (nSPS) is 12.1. The number of hydrogen-bond acceptors (Lipinski definition) is 3. The number of halogens is 3. The third-order valence-electron chi connectivity index (χ3n) is 5.35. The van der Waals surface area contributed by atoms with Crippen molar-refractivity contribution < 1.29 is 27.4 Å². The zero-order chi connectivity index (χ0) is 23.6. The largest absolute Gasteiger partial charge is 0.490 e. The Kier molecular flexibility index (Phi) is 10.6. The molecule has 0 atom stereocenters. The number of benzene rings is 1. The fourth-order valence-electron chi connectivity index (χ4n) is 3.78.